The molecular weight excluding hydrogens is 312 g/mol. The summed E-state index contributed by atoms with van der Waals surface area (Å²) in [7, 11) is 0. The minimum absolute atomic E-state index is 0.0393. The van der Waals surface area contributed by atoms with Crippen LogP contribution in [-0.2, 0) is 4.79 Å². The Morgan fingerprint density at radius 1 is 1.47 bits per heavy atom. The number of nitrogens with two attached hydrogens (primary N) is 1. The first kappa shape index (κ1) is 13.9. The Kier molecular flexibility index (Phi) is 4.09. The van der Waals surface area contributed by atoms with Crippen molar-refractivity contribution in [3.63, 3.8) is 0 Å². The SMILES string of the molecule is Nc1cc(C(=O)NC(CC(=O)O)C2CC2)ccc1Br. The van der Waals surface area contributed by atoms with Gasteiger partial charge in [-0.2, -0.15) is 0 Å². The molecule has 0 heterocycles. The van der Waals surface area contributed by atoms with Gasteiger partial charge in [-0.15, -0.1) is 0 Å². The molecule has 102 valence electrons. The van der Waals surface area contributed by atoms with Gasteiger partial charge in [0.25, 0.3) is 5.91 Å². The summed E-state index contributed by atoms with van der Waals surface area (Å²) in [6.07, 6.45) is 1.91. The summed E-state index contributed by atoms with van der Waals surface area (Å²) < 4.78 is 0.730. The number of halogens is 1. The van der Waals surface area contributed by atoms with E-state index in [2.05, 4.69) is 21.2 Å². The van der Waals surface area contributed by atoms with E-state index in [-0.39, 0.29) is 24.3 Å². The zero-order valence-corrected chi connectivity index (χ0v) is 11.8. The highest BCUT2D eigenvalue weighted by molar-refractivity contribution is 9.10. The van der Waals surface area contributed by atoms with E-state index in [4.69, 9.17) is 10.8 Å². The van der Waals surface area contributed by atoms with Crippen LogP contribution in [0.25, 0.3) is 0 Å². The fourth-order valence-electron chi connectivity index (χ4n) is 1.96. The van der Waals surface area contributed by atoms with Gasteiger partial charge in [-0.05, 0) is 52.9 Å². The van der Waals surface area contributed by atoms with Gasteiger partial charge in [0.1, 0.15) is 0 Å². The van der Waals surface area contributed by atoms with Gasteiger partial charge in [-0.25, -0.2) is 0 Å². The first-order chi connectivity index (χ1) is 8.97. The van der Waals surface area contributed by atoms with Crippen molar-refractivity contribution in [2.24, 2.45) is 5.92 Å². The van der Waals surface area contributed by atoms with E-state index in [1.807, 2.05) is 0 Å². The largest absolute Gasteiger partial charge is 0.481 e. The van der Waals surface area contributed by atoms with Crippen LogP contribution in [0.2, 0.25) is 0 Å². The van der Waals surface area contributed by atoms with Gasteiger partial charge in [0.2, 0.25) is 0 Å². The molecule has 1 saturated carbocycles. The summed E-state index contributed by atoms with van der Waals surface area (Å²) in [4.78, 5) is 22.8. The fraction of sp³-hybridized carbons (Fsp3) is 0.385. The Morgan fingerprint density at radius 2 is 2.16 bits per heavy atom. The maximum atomic E-state index is 12.1. The number of carbonyl (C=O) groups excluding carboxylic acids is 1. The molecule has 1 atom stereocenters. The third-order valence-corrected chi connectivity index (χ3v) is 3.88. The first-order valence-electron chi connectivity index (χ1n) is 6.05. The molecule has 0 saturated heterocycles. The second kappa shape index (κ2) is 5.61. The predicted octanol–water partition coefficient (Wildman–Crippen LogP) is 2.01. The molecule has 0 aliphatic heterocycles. The molecule has 19 heavy (non-hydrogen) atoms. The van der Waals surface area contributed by atoms with Crippen LogP contribution in [0.15, 0.2) is 22.7 Å². The number of amides is 1. The lowest BCUT2D eigenvalue weighted by Gasteiger charge is -2.16. The molecule has 0 aromatic heterocycles. The summed E-state index contributed by atoms with van der Waals surface area (Å²) in [6, 6.07) is 4.63. The maximum Gasteiger partial charge on any atom is 0.305 e. The number of nitrogen functional groups attached to an aromatic ring is 1. The molecule has 1 fully saturated rings. The van der Waals surface area contributed by atoms with Crippen LogP contribution >= 0.6 is 15.9 Å². The molecule has 1 aliphatic rings. The van der Waals surface area contributed by atoms with Crippen molar-refractivity contribution in [1.29, 1.82) is 0 Å². The molecule has 0 radical (unpaired) electrons. The van der Waals surface area contributed by atoms with Crippen LogP contribution in [-0.4, -0.2) is 23.0 Å². The van der Waals surface area contributed by atoms with Crippen molar-refractivity contribution >= 4 is 33.5 Å². The maximum absolute atomic E-state index is 12.1. The molecule has 5 nitrogen and oxygen atoms in total. The average Bonchev–Trinajstić information content (AvgIpc) is 3.15. The minimum Gasteiger partial charge on any atom is -0.481 e. The third-order valence-electron chi connectivity index (χ3n) is 3.16. The summed E-state index contributed by atoms with van der Waals surface area (Å²) >= 11 is 3.26. The van der Waals surface area contributed by atoms with Crippen LogP contribution in [0, 0.1) is 5.92 Å². The molecule has 1 aliphatic carbocycles. The second-order valence-corrected chi connectivity index (χ2v) is 5.61. The Balaban J connectivity index is 2.05. The van der Waals surface area contributed by atoms with E-state index in [1.54, 1.807) is 18.2 Å². The van der Waals surface area contributed by atoms with Gasteiger partial charge in [0.05, 0.1) is 6.42 Å². The predicted molar refractivity (Wildman–Crippen MR) is 74.8 cm³/mol. The van der Waals surface area contributed by atoms with Crippen LogP contribution in [0.1, 0.15) is 29.6 Å². The molecule has 0 bridgehead atoms. The number of benzene rings is 1. The van der Waals surface area contributed by atoms with Crippen molar-refractivity contribution in [2.75, 3.05) is 5.73 Å². The van der Waals surface area contributed by atoms with E-state index in [0.29, 0.717) is 11.3 Å². The Hall–Kier alpha value is -1.56. The van der Waals surface area contributed by atoms with Crippen molar-refractivity contribution in [3.8, 4) is 0 Å². The zero-order valence-electron chi connectivity index (χ0n) is 10.2. The number of aliphatic carboxylic acids is 1. The van der Waals surface area contributed by atoms with Gasteiger partial charge in [-0.1, -0.05) is 0 Å². The van der Waals surface area contributed by atoms with Gasteiger partial charge < -0.3 is 16.2 Å². The van der Waals surface area contributed by atoms with Crippen LogP contribution in [0.3, 0.4) is 0 Å². The summed E-state index contributed by atoms with van der Waals surface area (Å²) in [5.41, 5.74) is 6.64. The lowest BCUT2D eigenvalue weighted by atomic mass is 10.1. The van der Waals surface area contributed by atoms with Gasteiger partial charge in [0.15, 0.2) is 0 Å². The standard InChI is InChI=1S/C13H15BrN2O3/c14-9-4-3-8(5-10(9)15)13(19)16-11(6-12(17)18)7-1-2-7/h3-5,7,11H,1-2,6,15H2,(H,16,19)(H,17,18). The van der Waals surface area contributed by atoms with E-state index in [1.165, 1.54) is 0 Å². The molecule has 4 N–H and O–H groups in total. The number of hydrogen-bond donors (Lipinski definition) is 3. The molecule has 1 amide bonds. The van der Waals surface area contributed by atoms with Crippen molar-refractivity contribution < 1.29 is 14.7 Å². The number of hydrogen-bond acceptors (Lipinski definition) is 3. The normalized spacial score (nSPS) is 15.8. The monoisotopic (exact) mass is 326 g/mol. The third kappa shape index (κ3) is 3.70. The lowest BCUT2D eigenvalue weighted by Crippen LogP contribution is -2.38. The summed E-state index contributed by atoms with van der Waals surface area (Å²) in [6.45, 7) is 0. The highest BCUT2D eigenvalue weighted by atomic mass is 79.9. The van der Waals surface area contributed by atoms with E-state index >= 15 is 0 Å². The Morgan fingerprint density at radius 3 is 2.68 bits per heavy atom. The quantitative estimate of drug-likeness (QED) is 0.722. The van der Waals surface area contributed by atoms with E-state index < -0.39 is 5.97 Å². The summed E-state index contributed by atoms with van der Waals surface area (Å²) in [5.74, 6) is -0.891. The van der Waals surface area contributed by atoms with Gasteiger partial charge >= 0.3 is 5.97 Å². The molecule has 1 aromatic rings. The highest BCUT2D eigenvalue weighted by Crippen LogP contribution is 2.34. The van der Waals surface area contributed by atoms with Crippen LogP contribution in [0.5, 0.6) is 0 Å². The van der Waals surface area contributed by atoms with E-state index in [0.717, 1.165) is 17.3 Å². The number of anilines is 1. The fourth-order valence-corrected chi connectivity index (χ4v) is 2.21. The van der Waals surface area contributed by atoms with Crippen molar-refractivity contribution in [3.05, 3.63) is 28.2 Å². The molecule has 1 unspecified atom stereocenters. The topological polar surface area (TPSA) is 92.4 Å². The molecular formula is C13H15BrN2O3. The minimum atomic E-state index is -0.896. The summed E-state index contributed by atoms with van der Waals surface area (Å²) in [5, 5.41) is 11.6. The van der Waals surface area contributed by atoms with Crippen LogP contribution < -0.4 is 11.1 Å². The molecule has 1 aromatic carbocycles. The number of nitrogens with one attached hydrogen (secondary N) is 1. The van der Waals surface area contributed by atoms with E-state index in [9.17, 15) is 9.59 Å². The Labute approximate surface area is 119 Å². The first-order valence-corrected chi connectivity index (χ1v) is 6.84. The average molecular weight is 327 g/mol. The number of carboxylic acid groups (broad SMARTS) is 1. The Bertz CT molecular complexity index is 515. The van der Waals surface area contributed by atoms with Crippen molar-refractivity contribution in [2.45, 2.75) is 25.3 Å². The number of carbonyl (C=O) groups is 2. The van der Waals surface area contributed by atoms with Crippen LogP contribution in [0.4, 0.5) is 5.69 Å². The van der Waals surface area contributed by atoms with Crippen molar-refractivity contribution in [1.82, 2.24) is 5.32 Å². The smallest absolute Gasteiger partial charge is 0.305 e. The molecule has 2 rings (SSSR count). The van der Waals surface area contributed by atoms with Gasteiger partial charge in [0, 0.05) is 21.8 Å². The van der Waals surface area contributed by atoms with Gasteiger partial charge in [-0.3, -0.25) is 9.59 Å². The zero-order chi connectivity index (χ0) is 14.0. The number of rotatable bonds is 5. The molecule has 0 spiro atoms. The number of carboxylic acids is 1. The molecule has 6 heteroatoms. The second-order valence-electron chi connectivity index (χ2n) is 4.75. The lowest BCUT2D eigenvalue weighted by molar-refractivity contribution is -0.137. The highest BCUT2D eigenvalue weighted by Gasteiger charge is 2.33.